The minimum Gasteiger partial charge on any atom is -0.385 e. The molecule has 20 heavy (non-hydrogen) atoms. The molecule has 0 saturated heterocycles. The average Bonchev–Trinajstić information content (AvgIpc) is 2.38. The summed E-state index contributed by atoms with van der Waals surface area (Å²) in [7, 11) is -3.74. The SMILES string of the molecule is NS(=O)(=O)Nc1cccc(NCCc2ccccc2)c1. The topological polar surface area (TPSA) is 84.2 Å². The molecule has 0 radical (unpaired) electrons. The number of rotatable bonds is 6. The number of benzene rings is 2. The molecule has 2 rings (SSSR count). The van der Waals surface area contributed by atoms with Crippen LogP contribution in [0, 0.1) is 0 Å². The van der Waals surface area contributed by atoms with Gasteiger partial charge in [-0.15, -0.1) is 0 Å². The molecule has 0 bridgehead atoms. The lowest BCUT2D eigenvalue weighted by Gasteiger charge is -2.09. The maximum atomic E-state index is 11.0. The number of anilines is 2. The standard InChI is InChI=1S/C14H17N3O2S/c15-20(18,19)17-14-8-4-7-13(11-14)16-10-9-12-5-2-1-3-6-12/h1-8,11,16-17H,9-10H2,(H2,15,18,19). The van der Waals surface area contributed by atoms with Crippen LogP contribution in [-0.2, 0) is 16.6 Å². The van der Waals surface area contributed by atoms with E-state index in [2.05, 4.69) is 22.2 Å². The molecule has 0 fully saturated rings. The smallest absolute Gasteiger partial charge is 0.296 e. The van der Waals surface area contributed by atoms with Crippen LogP contribution in [-0.4, -0.2) is 15.0 Å². The Morgan fingerprint density at radius 1 is 0.950 bits per heavy atom. The van der Waals surface area contributed by atoms with Gasteiger partial charge in [0.05, 0.1) is 5.69 Å². The molecule has 0 aliphatic rings. The summed E-state index contributed by atoms with van der Waals surface area (Å²) in [4.78, 5) is 0. The molecule has 0 aromatic heterocycles. The van der Waals surface area contributed by atoms with E-state index in [0.29, 0.717) is 5.69 Å². The fraction of sp³-hybridized carbons (Fsp3) is 0.143. The second-order valence-corrected chi connectivity index (χ2v) is 5.68. The van der Waals surface area contributed by atoms with Gasteiger partial charge in [0.25, 0.3) is 10.2 Å². The second-order valence-electron chi connectivity index (χ2n) is 4.39. The van der Waals surface area contributed by atoms with Crippen molar-refractivity contribution in [3.63, 3.8) is 0 Å². The first-order valence-electron chi connectivity index (χ1n) is 6.21. The van der Waals surface area contributed by atoms with E-state index >= 15 is 0 Å². The summed E-state index contributed by atoms with van der Waals surface area (Å²) in [5.41, 5.74) is 2.53. The molecule has 4 N–H and O–H groups in total. The third-order valence-corrected chi connectivity index (χ3v) is 3.23. The predicted octanol–water partition coefficient (Wildman–Crippen LogP) is 1.96. The average molecular weight is 291 g/mol. The van der Waals surface area contributed by atoms with Gasteiger partial charge < -0.3 is 5.32 Å². The maximum Gasteiger partial charge on any atom is 0.296 e. The Morgan fingerprint density at radius 2 is 1.65 bits per heavy atom. The zero-order valence-electron chi connectivity index (χ0n) is 10.9. The molecular weight excluding hydrogens is 274 g/mol. The van der Waals surface area contributed by atoms with Crippen LogP contribution in [0.5, 0.6) is 0 Å². The van der Waals surface area contributed by atoms with Crippen molar-refractivity contribution in [2.24, 2.45) is 5.14 Å². The van der Waals surface area contributed by atoms with Crippen molar-refractivity contribution in [3.05, 3.63) is 60.2 Å². The summed E-state index contributed by atoms with van der Waals surface area (Å²) in [6, 6.07) is 17.1. The van der Waals surface area contributed by atoms with Crippen LogP contribution in [0.3, 0.4) is 0 Å². The van der Waals surface area contributed by atoms with E-state index < -0.39 is 10.2 Å². The van der Waals surface area contributed by atoms with Crippen molar-refractivity contribution in [3.8, 4) is 0 Å². The van der Waals surface area contributed by atoms with Gasteiger partial charge in [0.1, 0.15) is 0 Å². The summed E-state index contributed by atoms with van der Waals surface area (Å²) < 4.78 is 24.2. The molecule has 0 aliphatic carbocycles. The maximum absolute atomic E-state index is 11.0. The molecule has 6 heteroatoms. The minimum absolute atomic E-state index is 0.442. The molecule has 0 amide bonds. The summed E-state index contributed by atoms with van der Waals surface area (Å²) in [6.45, 7) is 0.767. The van der Waals surface area contributed by atoms with E-state index in [0.717, 1.165) is 18.7 Å². The van der Waals surface area contributed by atoms with Crippen LogP contribution in [0.15, 0.2) is 54.6 Å². The van der Waals surface area contributed by atoms with E-state index in [1.165, 1.54) is 5.56 Å². The highest BCUT2D eigenvalue weighted by atomic mass is 32.2. The number of hydrogen-bond donors (Lipinski definition) is 3. The van der Waals surface area contributed by atoms with Gasteiger partial charge in [0.15, 0.2) is 0 Å². The Bertz CT molecular complexity index is 657. The van der Waals surface area contributed by atoms with Gasteiger partial charge >= 0.3 is 0 Å². The zero-order chi connectivity index (χ0) is 14.4. The van der Waals surface area contributed by atoms with Gasteiger partial charge in [-0.2, -0.15) is 8.42 Å². The van der Waals surface area contributed by atoms with E-state index in [4.69, 9.17) is 5.14 Å². The normalized spacial score (nSPS) is 11.1. The largest absolute Gasteiger partial charge is 0.385 e. The molecule has 5 nitrogen and oxygen atoms in total. The molecule has 0 atom stereocenters. The lowest BCUT2D eigenvalue weighted by molar-refractivity contribution is 0.603. The van der Waals surface area contributed by atoms with Crippen molar-refractivity contribution in [1.29, 1.82) is 0 Å². The molecule has 2 aromatic rings. The Morgan fingerprint density at radius 3 is 2.35 bits per heavy atom. The number of nitrogens with one attached hydrogen (secondary N) is 2. The van der Waals surface area contributed by atoms with E-state index in [1.807, 2.05) is 24.3 Å². The fourth-order valence-corrected chi connectivity index (χ4v) is 2.31. The van der Waals surface area contributed by atoms with E-state index in [1.54, 1.807) is 18.2 Å². The lowest BCUT2D eigenvalue weighted by atomic mass is 10.1. The summed E-state index contributed by atoms with van der Waals surface area (Å²) in [5, 5.41) is 8.18. The molecule has 0 unspecified atom stereocenters. The molecule has 0 aliphatic heterocycles. The Hall–Kier alpha value is -2.05. The highest BCUT2D eigenvalue weighted by Crippen LogP contribution is 2.15. The fourth-order valence-electron chi connectivity index (χ4n) is 1.85. The number of nitrogens with two attached hydrogens (primary N) is 1. The molecule has 0 spiro atoms. The first-order chi connectivity index (χ1) is 9.53. The van der Waals surface area contributed by atoms with Crippen molar-refractivity contribution in [2.75, 3.05) is 16.6 Å². The predicted molar refractivity (Wildman–Crippen MR) is 81.8 cm³/mol. The summed E-state index contributed by atoms with van der Waals surface area (Å²) in [5.74, 6) is 0. The van der Waals surface area contributed by atoms with Crippen LogP contribution >= 0.6 is 0 Å². The van der Waals surface area contributed by atoms with Gasteiger partial charge in [0, 0.05) is 12.2 Å². The summed E-state index contributed by atoms with van der Waals surface area (Å²) in [6.07, 6.45) is 0.897. The van der Waals surface area contributed by atoms with Crippen LogP contribution in [0.25, 0.3) is 0 Å². The van der Waals surface area contributed by atoms with E-state index in [9.17, 15) is 8.42 Å². The second kappa shape index (κ2) is 6.40. The molecule has 0 heterocycles. The summed E-state index contributed by atoms with van der Waals surface area (Å²) >= 11 is 0. The third-order valence-electron chi connectivity index (χ3n) is 2.71. The van der Waals surface area contributed by atoms with Gasteiger partial charge in [-0.1, -0.05) is 36.4 Å². The number of hydrogen-bond acceptors (Lipinski definition) is 3. The van der Waals surface area contributed by atoms with Crippen molar-refractivity contribution in [1.82, 2.24) is 0 Å². The zero-order valence-corrected chi connectivity index (χ0v) is 11.7. The van der Waals surface area contributed by atoms with Crippen LogP contribution in [0.4, 0.5) is 11.4 Å². The van der Waals surface area contributed by atoms with Crippen molar-refractivity contribution < 1.29 is 8.42 Å². The molecule has 0 saturated carbocycles. The molecule has 2 aromatic carbocycles. The Labute approximate surface area is 119 Å². The molecule has 106 valence electrons. The third kappa shape index (κ3) is 4.91. The quantitative estimate of drug-likeness (QED) is 0.760. The monoisotopic (exact) mass is 291 g/mol. The Kier molecular flexibility index (Phi) is 4.60. The first-order valence-corrected chi connectivity index (χ1v) is 7.76. The highest BCUT2D eigenvalue weighted by molar-refractivity contribution is 7.90. The first kappa shape index (κ1) is 14.4. The van der Waals surface area contributed by atoms with Gasteiger partial charge in [-0.25, -0.2) is 5.14 Å². The highest BCUT2D eigenvalue weighted by Gasteiger charge is 2.02. The lowest BCUT2D eigenvalue weighted by Crippen LogP contribution is -2.21. The van der Waals surface area contributed by atoms with Crippen LogP contribution in [0.1, 0.15) is 5.56 Å². The van der Waals surface area contributed by atoms with Gasteiger partial charge in [-0.3, -0.25) is 4.72 Å². The van der Waals surface area contributed by atoms with Crippen molar-refractivity contribution >= 4 is 21.6 Å². The van der Waals surface area contributed by atoms with Gasteiger partial charge in [-0.05, 0) is 30.2 Å². The van der Waals surface area contributed by atoms with Crippen LogP contribution in [0.2, 0.25) is 0 Å². The van der Waals surface area contributed by atoms with E-state index in [-0.39, 0.29) is 0 Å². The van der Waals surface area contributed by atoms with Crippen molar-refractivity contribution in [2.45, 2.75) is 6.42 Å². The molecular formula is C14H17N3O2S. The van der Waals surface area contributed by atoms with Crippen LogP contribution < -0.4 is 15.2 Å². The van der Waals surface area contributed by atoms with Gasteiger partial charge in [0.2, 0.25) is 0 Å². The Balaban J connectivity index is 1.92. The minimum atomic E-state index is -3.74.